The molecule has 2 aromatic carbocycles. The van der Waals surface area contributed by atoms with Crippen molar-refractivity contribution in [3.05, 3.63) is 66.1 Å². The van der Waals surface area contributed by atoms with E-state index in [-0.39, 0.29) is 30.2 Å². The third-order valence-electron chi connectivity index (χ3n) is 4.75. The zero-order valence-electron chi connectivity index (χ0n) is 15.9. The number of anilines is 2. The molecule has 1 N–H and O–H groups in total. The maximum Gasteiger partial charge on any atom is 0.322 e. The Bertz CT molecular complexity index is 1000. The minimum Gasteiger partial charge on any atom is -0.407 e. The number of para-hydroxylation sites is 1. The Morgan fingerprint density at radius 1 is 1.17 bits per heavy atom. The molecule has 0 bridgehead atoms. The smallest absolute Gasteiger partial charge is 0.322 e. The summed E-state index contributed by atoms with van der Waals surface area (Å²) in [5.41, 5.74) is 1.75. The number of nitrogens with one attached hydrogen (secondary N) is 1. The monoisotopic (exact) mass is 408 g/mol. The van der Waals surface area contributed by atoms with Gasteiger partial charge in [-0.25, -0.2) is 0 Å². The first kappa shape index (κ1) is 19.2. The molecule has 1 unspecified atom stereocenters. The van der Waals surface area contributed by atoms with Crippen molar-refractivity contribution in [1.82, 2.24) is 10.2 Å². The highest BCUT2D eigenvalue weighted by atomic mass is 32.2. The van der Waals surface area contributed by atoms with Crippen LogP contribution < -0.4 is 10.2 Å². The molecule has 29 heavy (non-hydrogen) atoms. The minimum atomic E-state index is -0.231. The summed E-state index contributed by atoms with van der Waals surface area (Å²) in [6.07, 6.45) is 2.52. The molecule has 1 fully saturated rings. The maximum absolute atomic E-state index is 12.4. The SMILES string of the molecule is CSc1ccc(CC(=O)Nc2nnc(C3CC(=O)N(c4ccccc4)C3)o2)cc1. The number of rotatable bonds is 6. The molecule has 2 heterocycles. The third kappa shape index (κ3) is 4.48. The lowest BCUT2D eigenvalue weighted by molar-refractivity contribution is -0.117. The average Bonchev–Trinajstić information content (AvgIpc) is 3.35. The van der Waals surface area contributed by atoms with Gasteiger partial charge in [0.15, 0.2) is 0 Å². The molecule has 8 heteroatoms. The van der Waals surface area contributed by atoms with Crippen LogP contribution in [-0.4, -0.2) is 34.8 Å². The molecule has 0 aliphatic carbocycles. The lowest BCUT2D eigenvalue weighted by Crippen LogP contribution is -2.24. The highest BCUT2D eigenvalue weighted by Gasteiger charge is 2.35. The van der Waals surface area contributed by atoms with Crippen LogP contribution in [0.3, 0.4) is 0 Å². The summed E-state index contributed by atoms with van der Waals surface area (Å²) < 4.78 is 5.61. The Morgan fingerprint density at radius 2 is 1.93 bits per heavy atom. The first-order chi connectivity index (χ1) is 14.1. The van der Waals surface area contributed by atoms with Crippen LogP contribution in [0.5, 0.6) is 0 Å². The molecule has 148 valence electrons. The van der Waals surface area contributed by atoms with Gasteiger partial charge < -0.3 is 9.32 Å². The fraction of sp³-hybridized carbons (Fsp3) is 0.238. The summed E-state index contributed by atoms with van der Waals surface area (Å²) in [6, 6.07) is 17.3. The van der Waals surface area contributed by atoms with E-state index < -0.39 is 0 Å². The molecular weight excluding hydrogens is 388 g/mol. The topological polar surface area (TPSA) is 88.3 Å². The molecule has 4 rings (SSSR count). The first-order valence-electron chi connectivity index (χ1n) is 9.24. The van der Waals surface area contributed by atoms with Crippen molar-refractivity contribution < 1.29 is 14.0 Å². The minimum absolute atomic E-state index is 0.0127. The number of aromatic nitrogens is 2. The van der Waals surface area contributed by atoms with Crippen LogP contribution in [-0.2, 0) is 16.0 Å². The normalized spacial score (nSPS) is 16.2. The van der Waals surface area contributed by atoms with Crippen LogP contribution in [0.25, 0.3) is 0 Å². The van der Waals surface area contributed by atoms with E-state index in [4.69, 9.17) is 4.42 Å². The van der Waals surface area contributed by atoms with E-state index in [1.165, 1.54) is 0 Å². The van der Waals surface area contributed by atoms with Crippen LogP contribution >= 0.6 is 11.8 Å². The van der Waals surface area contributed by atoms with E-state index in [0.717, 1.165) is 16.1 Å². The number of carbonyl (C=O) groups excluding carboxylic acids is 2. The molecule has 1 aliphatic heterocycles. The molecule has 1 aliphatic rings. The lowest BCUT2D eigenvalue weighted by atomic mass is 10.1. The van der Waals surface area contributed by atoms with Crippen molar-refractivity contribution in [2.75, 3.05) is 23.0 Å². The van der Waals surface area contributed by atoms with Crippen molar-refractivity contribution in [2.45, 2.75) is 23.7 Å². The van der Waals surface area contributed by atoms with Crippen molar-refractivity contribution in [3.8, 4) is 0 Å². The molecular formula is C21H20N4O3S. The summed E-state index contributed by atoms with van der Waals surface area (Å²) in [7, 11) is 0. The number of nitrogens with zero attached hydrogens (tertiary/aromatic N) is 3. The second-order valence-corrected chi connectivity index (χ2v) is 7.64. The summed E-state index contributed by atoms with van der Waals surface area (Å²) in [5, 5.41) is 10.6. The van der Waals surface area contributed by atoms with Crippen molar-refractivity contribution in [2.24, 2.45) is 0 Å². The molecule has 1 atom stereocenters. The van der Waals surface area contributed by atoms with Crippen LogP contribution in [0.1, 0.15) is 23.8 Å². The van der Waals surface area contributed by atoms with Gasteiger partial charge >= 0.3 is 6.01 Å². The molecule has 1 aromatic heterocycles. The summed E-state index contributed by atoms with van der Waals surface area (Å²) in [6.45, 7) is 0.472. The Morgan fingerprint density at radius 3 is 2.66 bits per heavy atom. The van der Waals surface area contributed by atoms with Gasteiger partial charge in [-0.3, -0.25) is 14.9 Å². The summed E-state index contributed by atoms with van der Waals surface area (Å²) >= 11 is 1.65. The molecule has 1 saturated heterocycles. The van der Waals surface area contributed by atoms with E-state index in [9.17, 15) is 9.59 Å². The molecule has 0 spiro atoms. The molecule has 2 amide bonds. The van der Waals surface area contributed by atoms with Crippen molar-refractivity contribution in [1.29, 1.82) is 0 Å². The van der Waals surface area contributed by atoms with Gasteiger partial charge in [0.2, 0.25) is 17.7 Å². The first-order valence-corrected chi connectivity index (χ1v) is 10.5. The highest BCUT2D eigenvalue weighted by molar-refractivity contribution is 7.98. The summed E-state index contributed by atoms with van der Waals surface area (Å²) in [5.74, 6) is -0.0551. The fourth-order valence-corrected chi connectivity index (χ4v) is 3.68. The van der Waals surface area contributed by atoms with Crippen LogP contribution in [0.4, 0.5) is 11.7 Å². The average molecular weight is 408 g/mol. The van der Waals surface area contributed by atoms with Crippen LogP contribution in [0.15, 0.2) is 63.9 Å². The van der Waals surface area contributed by atoms with Gasteiger partial charge in [0.1, 0.15) is 0 Å². The lowest BCUT2D eigenvalue weighted by Gasteiger charge is -2.15. The number of thioether (sulfide) groups is 1. The zero-order chi connectivity index (χ0) is 20.2. The Balaban J connectivity index is 1.37. The number of benzene rings is 2. The molecule has 3 aromatic rings. The Labute approximate surface area is 172 Å². The van der Waals surface area contributed by atoms with Crippen molar-refractivity contribution >= 4 is 35.3 Å². The van der Waals surface area contributed by atoms with Gasteiger partial charge in [-0.05, 0) is 36.1 Å². The Hall–Kier alpha value is -3.13. The third-order valence-corrected chi connectivity index (χ3v) is 5.50. The van der Waals surface area contributed by atoms with Crippen molar-refractivity contribution in [3.63, 3.8) is 0 Å². The van der Waals surface area contributed by atoms with E-state index in [1.54, 1.807) is 16.7 Å². The van der Waals surface area contributed by atoms with Gasteiger partial charge in [-0.15, -0.1) is 16.9 Å². The molecule has 0 radical (unpaired) electrons. The fourth-order valence-electron chi connectivity index (χ4n) is 3.27. The van der Waals surface area contributed by atoms with E-state index in [1.807, 2.05) is 60.9 Å². The van der Waals surface area contributed by atoms with E-state index in [2.05, 4.69) is 15.5 Å². The van der Waals surface area contributed by atoms with E-state index in [0.29, 0.717) is 18.9 Å². The zero-order valence-corrected chi connectivity index (χ0v) is 16.7. The highest BCUT2D eigenvalue weighted by Crippen LogP contribution is 2.31. The summed E-state index contributed by atoms with van der Waals surface area (Å²) in [4.78, 5) is 27.5. The second kappa shape index (κ2) is 8.48. The Kier molecular flexibility index (Phi) is 5.62. The largest absolute Gasteiger partial charge is 0.407 e. The molecule has 0 saturated carbocycles. The predicted molar refractivity (Wildman–Crippen MR) is 111 cm³/mol. The second-order valence-electron chi connectivity index (χ2n) is 6.76. The van der Waals surface area contributed by atoms with Crippen LogP contribution in [0.2, 0.25) is 0 Å². The number of hydrogen-bond acceptors (Lipinski definition) is 6. The van der Waals surface area contributed by atoms with Gasteiger partial charge in [0.05, 0.1) is 12.3 Å². The van der Waals surface area contributed by atoms with Gasteiger partial charge in [0, 0.05) is 23.5 Å². The predicted octanol–water partition coefficient (Wildman–Crippen LogP) is 3.49. The standard InChI is InChI=1S/C21H20N4O3S/c1-29-17-9-7-14(8-10-17)11-18(26)22-21-24-23-20(28-21)15-12-19(27)25(13-15)16-5-3-2-4-6-16/h2-10,15H,11-13H2,1H3,(H,22,24,26). The number of amides is 2. The quantitative estimate of drug-likeness (QED) is 0.628. The number of hydrogen-bond donors (Lipinski definition) is 1. The maximum atomic E-state index is 12.4. The number of carbonyl (C=O) groups is 2. The van der Waals surface area contributed by atoms with Crippen LogP contribution in [0, 0.1) is 0 Å². The molecule has 7 nitrogen and oxygen atoms in total. The van der Waals surface area contributed by atoms with Gasteiger partial charge in [-0.1, -0.05) is 35.4 Å². The van der Waals surface area contributed by atoms with E-state index >= 15 is 0 Å². The van der Waals surface area contributed by atoms with Gasteiger partial charge in [0.25, 0.3) is 0 Å². The van der Waals surface area contributed by atoms with Gasteiger partial charge in [-0.2, -0.15) is 0 Å².